The van der Waals surface area contributed by atoms with Crippen molar-refractivity contribution in [1.29, 1.82) is 0 Å². The number of cyclic esters (lactones) is 1. The monoisotopic (exact) mass is 445 g/mol. The van der Waals surface area contributed by atoms with Crippen molar-refractivity contribution in [1.82, 2.24) is 4.98 Å². The van der Waals surface area contributed by atoms with Gasteiger partial charge in [0.15, 0.2) is 0 Å². The highest BCUT2D eigenvalue weighted by Crippen LogP contribution is 2.50. The third-order valence-electron chi connectivity index (χ3n) is 6.41. The summed E-state index contributed by atoms with van der Waals surface area (Å²) in [5, 5.41) is 0. The van der Waals surface area contributed by atoms with Gasteiger partial charge in [0.2, 0.25) is 5.60 Å². The van der Waals surface area contributed by atoms with Crippen molar-refractivity contribution in [3.05, 3.63) is 82.7 Å². The fourth-order valence-corrected chi connectivity index (χ4v) is 4.68. The minimum atomic E-state index is -1.20. The Morgan fingerprint density at radius 2 is 1.70 bits per heavy atom. The van der Waals surface area contributed by atoms with Gasteiger partial charge in [-0.3, -0.25) is 4.98 Å². The summed E-state index contributed by atoms with van der Waals surface area (Å²) in [6.45, 7) is 8.05. The summed E-state index contributed by atoms with van der Waals surface area (Å²) in [5.74, 6) is 0.269. The molecule has 3 aromatic rings. The Bertz CT molecular complexity index is 1190. The van der Waals surface area contributed by atoms with E-state index in [0.717, 1.165) is 41.2 Å². The molecule has 1 aliphatic heterocycles. The molecule has 33 heavy (non-hydrogen) atoms. The van der Waals surface area contributed by atoms with E-state index >= 15 is 0 Å². The maximum Gasteiger partial charge on any atom is 0.341 e. The minimum Gasteiger partial charge on any atom is -0.496 e. The first kappa shape index (κ1) is 22.6. The maximum absolute atomic E-state index is 13.1. The van der Waals surface area contributed by atoms with Crippen LogP contribution in [0.4, 0.5) is 11.4 Å². The average molecular weight is 446 g/mol. The van der Waals surface area contributed by atoms with Crippen molar-refractivity contribution in [2.45, 2.75) is 26.4 Å². The van der Waals surface area contributed by atoms with E-state index in [0.29, 0.717) is 17.0 Å². The maximum atomic E-state index is 13.1. The summed E-state index contributed by atoms with van der Waals surface area (Å²) in [4.78, 5) is 22.0. The molecule has 1 atom stereocenters. The normalized spacial score (nSPS) is 16.8. The van der Waals surface area contributed by atoms with Crippen LogP contribution < -0.4 is 14.5 Å². The molecule has 0 amide bonds. The number of aromatic nitrogens is 1. The summed E-state index contributed by atoms with van der Waals surface area (Å²) < 4.78 is 12.1. The molecule has 6 nitrogen and oxygen atoms in total. The molecule has 1 aliphatic rings. The molecule has 0 saturated heterocycles. The smallest absolute Gasteiger partial charge is 0.341 e. The molecule has 1 unspecified atom stereocenters. The van der Waals surface area contributed by atoms with Crippen LogP contribution in [0, 0.1) is 6.92 Å². The number of methoxy groups -OCH3 is 1. The Balaban J connectivity index is 2.02. The number of aryl methyl sites for hydroxylation is 1. The molecule has 0 bridgehead atoms. The van der Waals surface area contributed by atoms with Gasteiger partial charge in [-0.05, 0) is 62.7 Å². The molecule has 0 saturated carbocycles. The van der Waals surface area contributed by atoms with Crippen molar-refractivity contribution in [3.8, 4) is 5.75 Å². The molecular formula is C27H31N3O3. The molecule has 0 fully saturated rings. The number of esters is 1. The molecule has 0 N–H and O–H groups in total. The van der Waals surface area contributed by atoms with E-state index in [2.05, 4.69) is 40.8 Å². The van der Waals surface area contributed by atoms with Crippen molar-refractivity contribution in [3.63, 3.8) is 0 Å². The third-order valence-corrected chi connectivity index (χ3v) is 6.41. The molecular weight excluding hydrogens is 414 g/mol. The van der Waals surface area contributed by atoms with Crippen molar-refractivity contribution in [2.24, 2.45) is 0 Å². The quantitative estimate of drug-likeness (QED) is 0.488. The van der Waals surface area contributed by atoms with Gasteiger partial charge in [-0.2, -0.15) is 0 Å². The fraction of sp³-hybridized carbons (Fsp3) is 0.333. The molecule has 4 rings (SSSR count). The lowest BCUT2D eigenvalue weighted by Gasteiger charge is -2.33. The van der Waals surface area contributed by atoms with Gasteiger partial charge in [0.05, 0.1) is 12.7 Å². The van der Waals surface area contributed by atoms with Crippen LogP contribution in [0.25, 0.3) is 0 Å². The van der Waals surface area contributed by atoms with Crippen LogP contribution in [0.5, 0.6) is 5.75 Å². The number of hydrogen-bond acceptors (Lipinski definition) is 6. The van der Waals surface area contributed by atoms with E-state index in [9.17, 15) is 4.79 Å². The Kier molecular flexibility index (Phi) is 6.02. The number of ether oxygens (including phenoxy) is 2. The van der Waals surface area contributed by atoms with Crippen LogP contribution in [-0.4, -0.2) is 45.2 Å². The highest BCUT2D eigenvalue weighted by molar-refractivity contribution is 5.96. The highest BCUT2D eigenvalue weighted by Gasteiger charge is 2.52. The van der Waals surface area contributed by atoms with Crippen LogP contribution in [-0.2, 0) is 10.3 Å². The molecule has 0 spiro atoms. The summed E-state index contributed by atoms with van der Waals surface area (Å²) >= 11 is 0. The minimum absolute atomic E-state index is 0.385. The number of pyridine rings is 1. The van der Waals surface area contributed by atoms with Gasteiger partial charge in [-0.1, -0.05) is 6.07 Å². The van der Waals surface area contributed by atoms with Gasteiger partial charge in [0.25, 0.3) is 0 Å². The van der Waals surface area contributed by atoms with E-state index < -0.39 is 5.60 Å². The molecule has 1 aromatic heterocycles. The van der Waals surface area contributed by atoms with Gasteiger partial charge in [0, 0.05) is 61.9 Å². The summed E-state index contributed by atoms with van der Waals surface area (Å²) in [6, 6.07) is 15.8. The highest BCUT2D eigenvalue weighted by atomic mass is 16.6. The number of rotatable bonds is 7. The topological polar surface area (TPSA) is 54.9 Å². The van der Waals surface area contributed by atoms with Crippen molar-refractivity contribution < 1.29 is 14.3 Å². The Hall–Kier alpha value is -3.54. The largest absolute Gasteiger partial charge is 0.496 e. The zero-order chi connectivity index (χ0) is 23.8. The predicted molar refractivity (Wildman–Crippen MR) is 132 cm³/mol. The third kappa shape index (κ3) is 3.59. The molecule has 0 radical (unpaired) electrons. The summed E-state index contributed by atoms with van der Waals surface area (Å²) in [7, 11) is 5.66. The van der Waals surface area contributed by atoms with E-state index in [1.807, 2.05) is 45.3 Å². The number of carbonyl (C=O) groups is 1. The lowest BCUT2D eigenvalue weighted by atomic mass is 9.80. The van der Waals surface area contributed by atoms with E-state index in [-0.39, 0.29) is 5.97 Å². The van der Waals surface area contributed by atoms with Gasteiger partial charge < -0.3 is 19.3 Å². The van der Waals surface area contributed by atoms with E-state index in [1.165, 1.54) is 0 Å². The SMILES string of the molecule is CCN(CC)c1ccc(C2(c3ccc(N(C)C)cc3C)OC(=O)c3cccnc32)c(OC)c1. The second-order valence-corrected chi connectivity index (χ2v) is 8.42. The zero-order valence-corrected chi connectivity index (χ0v) is 20.2. The number of carbonyl (C=O) groups excluding carboxylic acids is 1. The second kappa shape index (κ2) is 8.77. The van der Waals surface area contributed by atoms with Crippen LogP contribution in [0.15, 0.2) is 54.7 Å². The molecule has 2 aromatic carbocycles. The summed E-state index contributed by atoms with van der Waals surface area (Å²) in [5.41, 5.74) is 4.62. The summed E-state index contributed by atoms with van der Waals surface area (Å²) in [6.07, 6.45) is 1.70. The molecule has 2 heterocycles. The first-order chi connectivity index (χ1) is 15.9. The zero-order valence-electron chi connectivity index (χ0n) is 20.2. The number of hydrogen-bond donors (Lipinski definition) is 0. The van der Waals surface area contributed by atoms with Crippen LogP contribution in [0.3, 0.4) is 0 Å². The molecule has 172 valence electrons. The Morgan fingerprint density at radius 3 is 2.33 bits per heavy atom. The number of nitrogens with zero attached hydrogens (tertiary/aromatic N) is 3. The van der Waals surface area contributed by atoms with Crippen molar-refractivity contribution >= 4 is 17.3 Å². The van der Waals surface area contributed by atoms with Crippen LogP contribution in [0.1, 0.15) is 46.6 Å². The van der Waals surface area contributed by atoms with Crippen LogP contribution >= 0.6 is 0 Å². The second-order valence-electron chi connectivity index (χ2n) is 8.42. The number of fused-ring (bicyclic) bond motifs is 1. The Morgan fingerprint density at radius 1 is 1.00 bits per heavy atom. The van der Waals surface area contributed by atoms with Gasteiger partial charge in [-0.25, -0.2) is 4.79 Å². The predicted octanol–water partition coefficient (Wildman–Crippen LogP) is 4.77. The Labute approximate surface area is 195 Å². The first-order valence-electron chi connectivity index (χ1n) is 11.3. The van der Waals surface area contributed by atoms with Gasteiger partial charge >= 0.3 is 5.97 Å². The van der Waals surface area contributed by atoms with Gasteiger partial charge in [-0.15, -0.1) is 0 Å². The molecule has 0 aliphatic carbocycles. The van der Waals surface area contributed by atoms with Gasteiger partial charge in [0.1, 0.15) is 11.4 Å². The van der Waals surface area contributed by atoms with E-state index in [1.54, 1.807) is 25.4 Å². The van der Waals surface area contributed by atoms with Crippen LogP contribution in [0.2, 0.25) is 0 Å². The lowest BCUT2D eigenvalue weighted by Crippen LogP contribution is -2.32. The number of benzene rings is 2. The standard InChI is InChI=1S/C27H31N3O3/c1-7-30(8-2)20-12-14-23(24(17-20)32-6)27(22-13-11-19(29(4)5)16-18(22)3)25-21(26(31)33-27)10-9-15-28-25/h9-17H,7-8H2,1-6H3. The van der Waals surface area contributed by atoms with E-state index in [4.69, 9.17) is 9.47 Å². The van der Waals surface area contributed by atoms with Crippen molar-refractivity contribution in [2.75, 3.05) is 44.1 Å². The molecule has 6 heteroatoms. The lowest BCUT2D eigenvalue weighted by molar-refractivity contribution is 0.0235. The first-order valence-corrected chi connectivity index (χ1v) is 11.3. The average Bonchev–Trinajstić information content (AvgIpc) is 3.12. The number of anilines is 2. The fourth-order valence-electron chi connectivity index (χ4n) is 4.68.